The molecular weight excluding hydrogens is 200 g/mol. The average molecular weight is 218 g/mol. The van der Waals surface area contributed by atoms with Crippen molar-refractivity contribution in [2.45, 2.75) is 26.2 Å². The second-order valence-electron chi connectivity index (χ2n) is 6.63. The molecule has 0 amide bonds. The Bertz CT molecular complexity index is 400. The third-order valence-corrected chi connectivity index (χ3v) is 6.14. The average Bonchev–Trinajstić information content (AvgIpc) is 2.92. The van der Waals surface area contributed by atoms with E-state index in [4.69, 9.17) is 0 Å². The monoisotopic (exact) mass is 218 g/mol. The number of rotatable bonds is 1. The topological polar surface area (TPSA) is 37.3 Å². The maximum absolute atomic E-state index is 11.5. The fourth-order valence-electron chi connectivity index (χ4n) is 5.62. The second-order valence-corrected chi connectivity index (χ2v) is 6.63. The molecular formula is C14H18O2. The molecule has 3 saturated carbocycles. The minimum absolute atomic E-state index is 0.413. The number of hydrogen-bond acceptors (Lipinski definition) is 1. The summed E-state index contributed by atoms with van der Waals surface area (Å²) in [6.45, 7) is 1.99. The Balaban J connectivity index is 1.76. The molecule has 86 valence electrons. The molecule has 4 aliphatic rings. The second kappa shape index (κ2) is 2.55. The van der Waals surface area contributed by atoms with Gasteiger partial charge in [0.15, 0.2) is 0 Å². The van der Waals surface area contributed by atoms with E-state index < -0.39 is 11.4 Å². The standard InChI is InChI=1S/C14H18O2/c1-14(13(15)16)6-9-5-10(14)12-8-3-2-7(4-8)11(9)12/h2-3,7-12H,4-6H2,1H3,(H,15,16)/t7-,8+,9+,10+,11+,12-,14+/m1/s1. The molecule has 0 aliphatic heterocycles. The molecule has 0 spiro atoms. The molecule has 1 N–H and O–H groups in total. The van der Waals surface area contributed by atoms with E-state index in [1.165, 1.54) is 12.8 Å². The van der Waals surface area contributed by atoms with E-state index in [1.807, 2.05) is 6.92 Å². The Hall–Kier alpha value is -0.790. The van der Waals surface area contributed by atoms with Crippen LogP contribution in [0, 0.1) is 40.9 Å². The summed E-state index contributed by atoms with van der Waals surface area (Å²) < 4.78 is 0. The SMILES string of the molecule is C[C@]1(C(=O)O)C[C@@H]2C[C@H]1[C@@H]1[C@H]2[C@@H]2C=C[C@H]1C2. The van der Waals surface area contributed by atoms with Gasteiger partial charge in [-0.1, -0.05) is 12.2 Å². The highest BCUT2D eigenvalue weighted by Gasteiger charge is 2.66. The number of allylic oxidation sites excluding steroid dienone is 2. The summed E-state index contributed by atoms with van der Waals surface area (Å²) in [6.07, 6.45) is 8.22. The molecule has 2 heteroatoms. The van der Waals surface area contributed by atoms with Crippen LogP contribution in [0.4, 0.5) is 0 Å². The van der Waals surface area contributed by atoms with Gasteiger partial charge in [0, 0.05) is 0 Å². The lowest BCUT2D eigenvalue weighted by Gasteiger charge is -2.40. The molecule has 0 radical (unpaired) electrons. The summed E-state index contributed by atoms with van der Waals surface area (Å²) in [5, 5.41) is 9.47. The Kier molecular flexibility index (Phi) is 1.47. The van der Waals surface area contributed by atoms with Gasteiger partial charge in [-0.05, 0) is 61.7 Å². The molecule has 0 unspecified atom stereocenters. The van der Waals surface area contributed by atoms with Crippen molar-refractivity contribution in [2.24, 2.45) is 40.9 Å². The smallest absolute Gasteiger partial charge is 0.309 e. The van der Waals surface area contributed by atoms with Crippen molar-refractivity contribution in [3.05, 3.63) is 12.2 Å². The van der Waals surface area contributed by atoms with Gasteiger partial charge in [0.1, 0.15) is 0 Å². The van der Waals surface area contributed by atoms with Crippen molar-refractivity contribution >= 4 is 5.97 Å². The summed E-state index contributed by atoms with van der Waals surface area (Å²) in [7, 11) is 0. The minimum Gasteiger partial charge on any atom is -0.481 e. The highest BCUT2D eigenvalue weighted by Crippen LogP contribution is 2.70. The van der Waals surface area contributed by atoms with Crippen LogP contribution >= 0.6 is 0 Å². The van der Waals surface area contributed by atoms with Crippen LogP contribution in [0.15, 0.2) is 12.2 Å². The summed E-state index contributed by atoms with van der Waals surface area (Å²) in [6, 6.07) is 0. The van der Waals surface area contributed by atoms with Gasteiger partial charge in [0.05, 0.1) is 5.41 Å². The first-order chi connectivity index (χ1) is 7.61. The lowest BCUT2D eigenvalue weighted by atomic mass is 9.63. The van der Waals surface area contributed by atoms with Crippen LogP contribution in [0.2, 0.25) is 0 Å². The molecule has 2 nitrogen and oxygen atoms in total. The zero-order valence-electron chi connectivity index (χ0n) is 9.60. The highest BCUT2D eigenvalue weighted by atomic mass is 16.4. The minimum atomic E-state index is -0.551. The molecule has 3 fully saturated rings. The van der Waals surface area contributed by atoms with Gasteiger partial charge in [-0.15, -0.1) is 0 Å². The Morgan fingerprint density at radius 3 is 2.62 bits per heavy atom. The molecule has 0 heterocycles. The van der Waals surface area contributed by atoms with Crippen molar-refractivity contribution in [2.75, 3.05) is 0 Å². The summed E-state index contributed by atoms with van der Waals surface area (Å²) >= 11 is 0. The molecule has 0 aromatic rings. The van der Waals surface area contributed by atoms with Crippen molar-refractivity contribution in [3.8, 4) is 0 Å². The van der Waals surface area contributed by atoms with Crippen molar-refractivity contribution in [1.29, 1.82) is 0 Å². The van der Waals surface area contributed by atoms with Crippen LogP contribution in [0.1, 0.15) is 26.2 Å². The van der Waals surface area contributed by atoms with Gasteiger partial charge in [-0.25, -0.2) is 0 Å². The molecule has 16 heavy (non-hydrogen) atoms. The van der Waals surface area contributed by atoms with E-state index in [9.17, 15) is 9.90 Å². The normalized spacial score (nSPS) is 60.6. The van der Waals surface area contributed by atoms with Gasteiger partial charge < -0.3 is 5.11 Å². The van der Waals surface area contributed by atoms with E-state index in [0.717, 1.165) is 18.3 Å². The van der Waals surface area contributed by atoms with E-state index in [0.29, 0.717) is 23.7 Å². The van der Waals surface area contributed by atoms with Gasteiger partial charge >= 0.3 is 5.97 Å². The van der Waals surface area contributed by atoms with E-state index in [1.54, 1.807) is 0 Å². The molecule has 0 aromatic carbocycles. The summed E-state index contributed by atoms with van der Waals surface area (Å²) in [5.41, 5.74) is -0.413. The van der Waals surface area contributed by atoms with Crippen LogP contribution < -0.4 is 0 Å². The first-order valence-electron chi connectivity index (χ1n) is 6.53. The quantitative estimate of drug-likeness (QED) is 0.542. The van der Waals surface area contributed by atoms with Crippen LogP contribution in [-0.2, 0) is 4.79 Å². The van der Waals surface area contributed by atoms with Gasteiger partial charge in [0.2, 0.25) is 0 Å². The van der Waals surface area contributed by atoms with Crippen LogP contribution in [0.5, 0.6) is 0 Å². The zero-order chi connectivity index (χ0) is 11.1. The van der Waals surface area contributed by atoms with Crippen molar-refractivity contribution in [3.63, 3.8) is 0 Å². The predicted octanol–water partition coefficient (Wildman–Crippen LogP) is 2.56. The molecule has 0 aromatic heterocycles. The van der Waals surface area contributed by atoms with Crippen LogP contribution in [-0.4, -0.2) is 11.1 Å². The first kappa shape index (κ1) is 9.26. The Morgan fingerprint density at radius 1 is 1.25 bits per heavy atom. The maximum Gasteiger partial charge on any atom is 0.309 e. The number of carboxylic acid groups (broad SMARTS) is 1. The third-order valence-electron chi connectivity index (χ3n) is 6.14. The van der Waals surface area contributed by atoms with Gasteiger partial charge in [0.25, 0.3) is 0 Å². The fourth-order valence-corrected chi connectivity index (χ4v) is 5.62. The van der Waals surface area contributed by atoms with Gasteiger partial charge in [-0.2, -0.15) is 0 Å². The zero-order valence-corrected chi connectivity index (χ0v) is 9.60. The van der Waals surface area contributed by atoms with E-state index in [-0.39, 0.29) is 0 Å². The molecule has 4 aliphatic carbocycles. The number of aliphatic carboxylic acids is 1. The van der Waals surface area contributed by atoms with Crippen LogP contribution in [0.25, 0.3) is 0 Å². The Labute approximate surface area is 95.7 Å². The molecule has 4 bridgehead atoms. The summed E-state index contributed by atoms with van der Waals surface area (Å²) in [4.78, 5) is 11.5. The fraction of sp³-hybridized carbons (Fsp3) is 0.786. The van der Waals surface area contributed by atoms with Crippen molar-refractivity contribution in [1.82, 2.24) is 0 Å². The molecule has 0 saturated heterocycles. The van der Waals surface area contributed by atoms with Crippen LogP contribution in [0.3, 0.4) is 0 Å². The highest BCUT2D eigenvalue weighted by molar-refractivity contribution is 5.75. The lowest BCUT2D eigenvalue weighted by Crippen LogP contribution is -2.42. The maximum atomic E-state index is 11.5. The predicted molar refractivity (Wildman–Crippen MR) is 59.7 cm³/mol. The van der Waals surface area contributed by atoms with Gasteiger partial charge in [-0.3, -0.25) is 4.79 Å². The van der Waals surface area contributed by atoms with E-state index >= 15 is 0 Å². The van der Waals surface area contributed by atoms with Crippen molar-refractivity contribution < 1.29 is 9.90 Å². The Morgan fingerprint density at radius 2 is 1.94 bits per heavy atom. The third kappa shape index (κ3) is 0.813. The first-order valence-corrected chi connectivity index (χ1v) is 6.53. The number of carbonyl (C=O) groups is 1. The summed E-state index contributed by atoms with van der Waals surface area (Å²) in [5.74, 6) is 3.66. The molecule has 4 rings (SSSR count). The van der Waals surface area contributed by atoms with E-state index in [2.05, 4.69) is 12.2 Å². The molecule has 7 atom stereocenters. The number of carboxylic acids is 1. The number of hydrogen-bond donors (Lipinski definition) is 1. The number of fused-ring (bicyclic) bond motifs is 9. The largest absolute Gasteiger partial charge is 0.481 e. The lowest BCUT2D eigenvalue weighted by molar-refractivity contribution is -0.153.